The summed E-state index contributed by atoms with van der Waals surface area (Å²) < 4.78 is 18.5. The van der Waals surface area contributed by atoms with Gasteiger partial charge in [0.05, 0.1) is 18.1 Å². The Morgan fingerprint density at radius 1 is 1.23 bits per heavy atom. The lowest BCUT2D eigenvalue weighted by Gasteiger charge is -2.17. The van der Waals surface area contributed by atoms with Crippen LogP contribution in [-0.2, 0) is 4.79 Å². The van der Waals surface area contributed by atoms with Gasteiger partial charge in [0.2, 0.25) is 5.91 Å². The predicted octanol–water partition coefficient (Wildman–Crippen LogP) is 3.62. The van der Waals surface area contributed by atoms with Gasteiger partial charge in [-0.3, -0.25) is 4.79 Å². The second-order valence-electron chi connectivity index (χ2n) is 6.15. The van der Waals surface area contributed by atoms with E-state index >= 15 is 0 Å². The molecule has 4 nitrogen and oxygen atoms in total. The highest BCUT2D eigenvalue weighted by Crippen LogP contribution is 2.27. The smallest absolute Gasteiger partial charge is 0.226 e. The molecule has 140 valence electrons. The first-order valence-electron chi connectivity index (χ1n) is 8.21. The predicted molar refractivity (Wildman–Crippen MR) is 103 cm³/mol. The van der Waals surface area contributed by atoms with Crippen LogP contribution in [0.4, 0.5) is 4.39 Å². The molecule has 0 saturated carbocycles. The number of hydrogen-bond donors (Lipinski definition) is 1. The van der Waals surface area contributed by atoms with Gasteiger partial charge in [0.25, 0.3) is 0 Å². The topological polar surface area (TPSA) is 55.6 Å². The zero-order chi connectivity index (χ0) is 17.8. The summed E-state index contributed by atoms with van der Waals surface area (Å²) in [5.41, 5.74) is 7.37. The van der Waals surface area contributed by atoms with Crippen LogP contribution in [0.15, 0.2) is 48.5 Å². The molecule has 0 radical (unpaired) electrons. The van der Waals surface area contributed by atoms with Crippen molar-refractivity contribution >= 4 is 29.9 Å². The van der Waals surface area contributed by atoms with Crippen LogP contribution >= 0.6 is 24.0 Å². The van der Waals surface area contributed by atoms with Crippen LogP contribution in [0, 0.1) is 5.82 Å². The third-order valence-electron chi connectivity index (χ3n) is 4.41. The second kappa shape index (κ2) is 9.21. The van der Waals surface area contributed by atoms with Gasteiger partial charge in [0.1, 0.15) is 11.6 Å². The number of nitrogens with zero attached hydrogens (tertiary/aromatic N) is 1. The molecule has 0 aromatic heterocycles. The number of hydrogen-bond acceptors (Lipinski definition) is 3. The SMILES string of the molecule is Cl.N[C@@H]1CN(C(=O)CCOc2ccc(F)cc2Cl)C[C@H]1c1ccccc1. The van der Waals surface area contributed by atoms with E-state index in [0.717, 1.165) is 5.56 Å². The Morgan fingerprint density at radius 3 is 2.65 bits per heavy atom. The normalized spacial score (nSPS) is 19.1. The first kappa shape index (κ1) is 20.5. The van der Waals surface area contributed by atoms with E-state index in [-0.39, 0.29) is 48.3 Å². The minimum Gasteiger partial charge on any atom is -0.491 e. The molecule has 2 aromatic carbocycles. The average molecular weight is 399 g/mol. The first-order valence-corrected chi connectivity index (χ1v) is 8.58. The van der Waals surface area contributed by atoms with Gasteiger partial charge in [0.15, 0.2) is 0 Å². The lowest BCUT2D eigenvalue weighted by molar-refractivity contribution is -0.130. The summed E-state index contributed by atoms with van der Waals surface area (Å²) in [5, 5.41) is 0.194. The van der Waals surface area contributed by atoms with Gasteiger partial charge in [-0.25, -0.2) is 4.39 Å². The van der Waals surface area contributed by atoms with Crippen LogP contribution in [0.3, 0.4) is 0 Å². The molecule has 3 rings (SSSR count). The molecule has 0 unspecified atom stereocenters. The molecule has 1 fully saturated rings. The largest absolute Gasteiger partial charge is 0.491 e. The van der Waals surface area contributed by atoms with E-state index in [1.54, 1.807) is 4.90 Å². The lowest BCUT2D eigenvalue weighted by Crippen LogP contribution is -2.32. The Balaban J connectivity index is 0.00000243. The molecule has 2 atom stereocenters. The van der Waals surface area contributed by atoms with E-state index in [1.807, 2.05) is 30.3 Å². The van der Waals surface area contributed by atoms with Crippen LogP contribution in [0.25, 0.3) is 0 Å². The Labute approximate surface area is 163 Å². The van der Waals surface area contributed by atoms with Crippen molar-refractivity contribution in [2.24, 2.45) is 5.73 Å². The van der Waals surface area contributed by atoms with Crippen LogP contribution in [0.5, 0.6) is 5.75 Å². The number of likely N-dealkylation sites (tertiary alicyclic amines) is 1. The monoisotopic (exact) mass is 398 g/mol. The molecule has 7 heteroatoms. The highest BCUT2D eigenvalue weighted by atomic mass is 35.5. The summed E-state index contributed by atoms with van der Waals surface area (Å²) in [7, 11) is 0. The van der Waals surface area contributed by atoms with Gasteiger partial charge < -0.3 is 15.4 Å². The summed E-state index contributed by atoms with van der Waals surface area (Å²) in [6.07, 6.45) is 0.224. The molecule has 1 aliphatic rings. The van der Waals surface area contributed by atoms with E-state index in [2.05, 4.69) is 0 Å². The molecule has 1 saturated heterocycles. The quantitative estimate of drug-likeness (QED) is 0.836. The third-order valence-corrected chi connectivity index (χ3v) is 4.71. The highest BCUT2D eigenvalue weighted by molar-refractivity contribution is 6.32. The van der Waals surface area contributed by atoms with Gasteiger partial charge in [-0.2, -0.15) is 0 Å². The molecule has 1 heterocycles. The summed E-state index contributed by atoms with van der Waals surface area (Å²) in [4.78, 5) is 14.2. The van der Waals surface area contributed by atoms with Crippen molar-refractivity contribution < 1.29 is 13.9 Å². The summed E-state index contributed by atoms with van der Waals surface area (Å²) in [6.45, 7) is 1.34. The van der Waals surface area contributed by atoms with Gasteiger partial charge in [0, 0.05) is 25.0 Å². The number of halogens is 3. The Hall–Kier alpha value is -1.82. The number of rotatable bonds is 5. The Kier molecular flexibility index (Phi) is 7.26. The minimum absolute atomic E-state index is 0. The fraction of sp³-hybridized carbons (Fsp3) is 0.316. The first-order chi connectivity index (χ1) is 12.0. The maximum atomic E-state index is 13.0. The summed E-state index contributed by atoms with van der Waals surface area (Å²) >= 11 is 5.90. The maximum absolute atomic E-state index is 13.0. The van der Waals surface area contributed by atoms with Crippen molar-refractivity contribution in [3.05, 3.63) is 64.9 Å². The molecule has 26 heavy (non-hydrogen) atoms. The summed E-state index contributed by atoms with van der Waals surface area (Å²) in [6, 6.07) is 13.8. The van der Waals surface area contributed by atoms with Crippen molar-refractivity contribution in [2.45, 2.75) is 18.4 Å². The van der Waals surface area contributed by atoms with Crippen molar-refractivity contribution in [3.8, 4) is 5.75 Å². The van der Waals surface area contributed by atoms with Gasteiger partial charge in [-0.15, -0.1) is 12.4 Å². The van der Waals surface area contributed by atoms with Crippen molar-refractivity contribution in [1.82, 2.24) is 4.90 Å². The van der Waals surface area contributed by atoms with E-state index in [9.17, 15) is 9.18 Å². The van der Waals surface area contributed by atoms with Crippen LogP contribution < -0.4 is 10.5 Å². The zero-order valence-electron chi connectivity index (χ0n) is 14.1. The van der Waals surface area contributed by atoms with E-state index in [1.165, 1.54) is 18.2 Å². The summed E-state index contributed by atoms with van der Waals surface area (Å²) in [5.74, 6) is 0.0901. The van der Waals surface area contributed by atoms with Gasteiger partial charge >= 0.3 is 0 Å². The standard InChI is InChI=1S/C19H20ClFN2O2.ClH/c20-16-10-14(21)6-7-18(16)25-9-8-19(24)23-11-15(17(22)12-23)13-4-2-1-3-5-13;/h1-7,10,15,17H,8-9,11-12,22H2;1H/t15-,17+;/m0./s1. The fourth-order valence-corrected chi connectivity index (χ4v) is 3.31. The van der Waals surface area contributed by atoms with Crippen molar-refractivity contribution in [1.29, 1.82) is 0 Å². The average Bonchev–Trinajstić information content (AvgIpc) is 2.99. The lowest BCUT2D eigenvalue weighted by atomic mass is 9.95. The van der Waals surface area contributed by atoms with Crippen molar-refractivity contribution in [3.63, 3.8) is 0 Å². The molecular formula is C19H21Cl2FN2O2. The molecule has 1 amide bonds. The van der Waals surface area contributed by atoms with Crippen LogP contribution in [0.1, 0.15) is 17.9 Å². The van der Waals surface area contributed by atoms with E-state index in [0.29, 0.717) is 18.8 Å². The zero-order valence-corrected chi connectivity index (χ0v) is 15.7. The number of carbonyl (C=O) groups excluding carboxylic acids is 1. The molecule has 1 aliphatic heterocycles. The number of ether oxygens (including phenoxy) is 1. The number of carbonyl (C=O) groups is 1. The molecular weight excluding hydrogens is 378 g/mol. The maximum Gasteiger partial charge on any atom is 0.226 e. The van der Waals surface area contributed by atoms with E-state index < -0.39 is 5.82 Å². The number of amides is 1. The highest BCUT2D eigenvalue weighted by Gasteiger charge is 2.33. The van der Waals surface area contributed by atoms with Crippen LogP contribution in [0.2, 0.25) is 5.02 Å². The molecule has 0 bridgehead atoms. The van der Waals surface area contributed by atoms with Crippen molar-refractivity contribution in [2.75, 3.05) is 19.7 Å². The third kappa shape index (κ3) is 4.87. The Morgan fingerprint density at radius 2 is 1.96 bits per heavy atom. The fourth-order valence-electron chi connectivity index (χ4n) is 3.08. The number of benzene rings is 2. The van der Waals surface area contributed by atoms with Gasteiger partial charge in [-0.05, 0) is 23.8 Å². The van der Waals surface area contributed by atoms with E-state index in [4.69, 9.17) is 22.1 Å². The molecule has 0 spiro atoms. The van der Waals surface area contributed by atoms with Crippen LogP contribution in [-0.4, -0.2) is 36.5 Å². The number of nitrogens with two attached hydrogens (primary N) is 1. The molecule has 2 aromatic rings. The second-order valence-corrected chi connectivity index (χ2v) is 6.56. The molecule has 2 N–H and O–H groups in total. The van der Waals surface area contributed by atoms with Gasteiger partial charge in [-0.1, -0.05) is 41.9 Å². The molecule has 0 aliphatic carbocycles. The minimum atomic E-state index is -0.425. The Bertz CT molecular complexity index is 746.